The highest BCUT2D eigenvalue weighted by Crippen LogP contribution is 2.09. The smallest absolute Gasteiger partial charge is 0.129 e. The summed E-state index contributed by atoms with van der Waals surface area (Å²) in [6.45, 7) is 6.72. The molecular weight excluding hydrogens is 270 g/mol. The summed E-state index contributed by atoms with van der Waals surface area (Å²) in [5.41, 5.74) is 12.8. The lowest BCUT2D eigenvalue weighted by atomic mass is 10.1. The van der Waals surface area contributed by atoms with E-state index >= 15 is 0 Å². The maximum absolute atomic E-state index is 5.87. The van der Waals surface area contributed by atoms with Gasteiger partial charge in [-0.1, -0.05) is 49.5 Å². The monoisotopic (exact) mass is 289 g/mol. The number of nitrogen functional groups attached to an aromatic ring is 1. The summed E-state index contributed by atoms with van der Waals surface area (Å²) in [7, 11) is -1.32. The van der Waals surface area contributed by atoms with Crippen molar-refractivity contribution in [1.82, 2.24) is 0 Å². The van der Waals surface area contributed by atoms with Gasteiger partial charge >= 0.3 is 0 Å². The molecule has 0 aliphatic heterocycles. The molecule has 0 aliphatic carbocycles. The molecule has 0 saturated heterocycles. The summed E-state index contributed by atoms with van der Waals surface area (Å²) in [5.74, 6) is 9.47. The molecule has 0 bridgehead atoms. The van der Waals surface area contributed by atoms with Crippen molar-refractivity contribution in [3.8, 4) is 23.3 Å². The van der Waals surface area contributed by atoms with Crippen molar-refractivity contribution in [2.75, 3.05) is 5.73 Å². The first-order valence-corrected chi connectivity index (χ1v) is 10.4. The standard InChI is InChI=1S/C19H19NSi/c1-21(2,3)15-14-17-10-8-16(9-11-17)12-13-18-6-4-5-7-19(18)20/h4-11H,20H2,1-3H3. The summed E-state index contributed by atoms with van der Waals surface area (Å²) < 4.78 is 0. The Labute approximate surface area is 128 Å². The Morgan fingerprint density at radius 3 is 1.90 bits per heavy atom. The van der Waals surface area contributed by atoms with Gasteiger partial charge in [0.05, 0.1) is 0 Å². The zero-order chi connectivity index (χ0) is 15.3. The molecule has 2 N–H and O–H groups in total. The van der Waals surface area contributed by atoms with Gasteiger partial charge in [-0.2, -0.15) is 0 Å². The summed E-state index contributed by atoms with van der Waals surface area (Å²) in [6, 6.07) is 15.7. The van der Waals surface area contributed by atoms with Crippen molar-refractivity contribution in [2.45, 2.75) is 19.6 Å². The van der Waals surface area contributed by atoms with Gasteiger partial charge in [0, 0.05) is 22.4 Å². The molecule has 104 valence electrons. The molecule has 0 unspecified atom stereocenters. The zero-order valence-electron chi connectivity index (χ0n) is 12.7. The Kier molecular flexibility index (Phi) is 4.53. The number of rotatable bonds is 0. The quantitative estimate of drug-likeness (QED) is 0.444. The van der Waals surface area contributed by atoms with E-state index in [-0.39, 0.29) is 0 Å². The van der Waals surface area contributed by atoms with Crippen LogP contribution in [0, 0.1) is 23.3 Å². The van der Waals surface area contributed by atoms with Crippen molar-refractivity contribution in [2.24, 2.45) is 0 Å². The van der Waals surface area contributed by atoms with Crippen LogP contribution in [0.15, 0.2) is 48.5 Å². The molecule has 0 aromatic heterocycles. The second-order valence-corrected chi connectivity index (χ2v) is 10.7. The van der Waals surface area contributed by atoms with E-state index in [9.17, 15) is 0 Å². The van der Waals surface area contributed by atoms with Crippen LogP contribution in [-0.4, -0.2) is 8.07 Å². The molecule has 0 atom stereocenters. The fourth-order valence-corrected chi connectivity index (χ4v) is 2.17. The van der Waals surface area contributed by atoms with Crippen LogP contribution in [0.1, 0.15) is 16.7 Å². The molecule has 2 rings (SSSR count). The van der Waals surface area contributed by atoms with E-state index in [4.69, 9.17) is 5.73 Å². The van der Waals surface area contributed by atoms with E-state index in [0.717, 1.165) is 16.7 Å². The Hall–Kier alpha value is -2.42. The van der Waals surface area contributed by atoms with Crippen molar-refractivity contribution in [1.29, 1.82) is 0 Å². The van der Waals surface area contributed by atoms with Gasteiger partial charge in [-0.05, 0) is 36.4 Å². The van der Waals surface area contributed by atoms with E-state index in [0.29, 0.717) is 5.69 Å². The first-order chi connectivity index (χ1) is 9.94. The lowest BCUT2D eigenvalue weighted by Crippen LogP contribution is -2.16. The molecule has 0 fully saturated rings. The number of hydrogen-bond acceptors (Lipinski definition) is 1. The molecule has 2 heteroatoms. The fourth-order valence-electron chi connectivity index (χ4n) is 1.65. The van der Waals surface area contributed by atoms with Crippen molar-refractivity contribution in [3.63, 3.8) is 0 Å². The van der Waals surface area contributed by atoms with Gasteiger partial charge < -0.3 is 5.73 Å². The highest BCUT2D eigenvalue weighted by molar-refractivity contribution is 6.83. The lowest BCUT2D eigenvalue weighted by molar-refractivity contribution is 1.59. The SMILES string of the molecule is C[Si](C)(C)C#Cc1ccc(C#Cc2ccccc2N)cc1. The third-order valence-corrected chi connectivity index (χ3v) is 3.64. The Balaban J connectivity index is 2.17. The molecule has 1 nitrogen and oxygen atoms in total. The third-order valence-electron chi connectivity index (χ3n) is 2.77. The van der Waals surface area contributed by atoms with Crippen molar-refractivity contribution < 1.29 is 0 Å². The number of anilines is 1. The van der Waals surface area contributed by atoms with Crippen LogP contribution in [-0.2, 0) is 0 Å². The van der Waals surface area contributed by atoms with Crippen molar-refractivity contribution in [3.05, 3.63) is 65.2 Å². The van der Waals surface area contributed by atoms with Crippen LogP contribution in [0.4, 0.5) is 5.69 Å². The number of hydrogen-bond donors (Lipinski definition) is 1. The van der Waals surface area contributed by atoms with E-state index in [2.05, 4.69) is 42.9 Å². The third kappa shape index (κ3) is 4.88. The second-order valence-electron chi connectivity index (χ2n) is 5.91. The topological polar surface area (TPSA) is 26.0 Å². The molecule has 0 spiro atoms. The lowest BCUT2D eigenvalue weighted by Gasteiger charge is -2.03. The average molecular weight is 289 g/mol. The van der Waals surface area contributed by atoms with E-state index in [1.54, 1.807) is 0 Å². The van der Waals surface area contributed by atoms with Gasteiger partial charge in [-0.3, -0.25) is 0 Å². The molecular formula is C19H19NSi. The van der Waals surface area contributed by atoms with Crippen LogP contribution in [0.2, 0.25) is 19.6 Å². The normalized spacial score (nSPS) is 10.0. The second kappa shape index (κ2) is 6.35. The maximum atomic E-state index is 5.87. The minimum absolute atomic E-state index is 0.711. The average Bonchev–Trinajstić information content (AvgIpc) is 2.45. The van der Waals surface area contributed by atoms with Crippen LogP contribution >= 0.6 is 0 Å². The van der Waals surface area contributed by atoms with Gasteiger partial charge in [-0.25, -0.2) is 0 Å². The molecule has 0 amide bonds. The van der Waals surface area contributed by atoms with Crippen LogP contribution in [0.25, 0.3) is 0 Å². The summed E-state index contributed by atoms with van der Waals surface area (Å²) in [6.07, 6.45) is 0. The minimum Gasteiger partial charge on any atom is -0.398 e. The number of para-hydroxylation sites is 1. The number of nitrogens with two attached hydrogens (primary N) is 1. The highest BCUT2D eigenvalue weighted by Gasteiger charge is 2.07. The summed E-state index contributed by atoms with van der Waals surface area (Å²) in [4.78, 5) is 0. The van der Waals surface area contributed by atoms with E-state index < -0.39 is 8.07 Å². The van der Waals surface area contributed by atoms with Gasteiger partial charge in [0.25, 0.3) is 0 Å². The Bertz CT molecular complexity index is 744. The Morgan fingerprint density at radius 1 is 0.762 bits per heavy atom. The van der Waals surface area contributed by atoms with E-state index in [1.165, 1.54) is 0 Å². The van der Waals surface area contributed by atoms with Gasteiger partial charge in [0.15, 0.2) is 0 Å². The highest BCUT2D eigenvalue weighted by atomic mass is 28.3. The fraction of sp³-hybridized carbons (Fsp3) is 0.158. The molecule has 0 heterocycles. The van der Waals surface area contributed by atoms with Crippen LogP contribution in [0.3, 0.4) is 0 Å². The minimum atomic E-state index is -1.32. The predicted octanol–water partition coefficient (Wildman–Crippen LogP) is 3.90. The molecule has 2 aromatic carbocycles. The van der Waals surface area contributed by atoms with Gasteiger partial charge in [-0.15, -0.1) is 5.54 Å². The number of benzene rings is 2. The molecule has 0 aliphatic rings. The summed E-state index contributed by atoms with van der Waals surface area (Å²) in [5, 5.41) is 0. The summed E-state index contributed by atoms with van der Waals surface area (Å²) >= 11 is 0. The molecule has 0 saturated carbocycles. The van der Waals surface area contributed by atoms with Crippen molar-refractivity contribution >= 4 is 13.8 Å². The molecule has 0 radical (unpaired) electrons. The van der Waals surface area contributed by atoms with Gasteiger partial charge in [0.1, 0.15) is 8.07 Å². The first-order valence-electron chi connectivity index (χ1n) is 6.94. The zero-order valence-corrected chi connectivity index (χ0v) is 13.7. The largest absolute Gasteiger partial charge is 0.398 e. The van der Waals surface area contributed by atoms with E-state index in [1.807, 2.05) is 48.5 Å². The maximum Gasteiger partial charge on any atom is 0.129 e. The molecule has 2 aromatic rings. The van der Waals surface area contributed by atoms with Crippen LogP contribution < -0.4 is 5.73 Å². The van der Waals surface area contributed by atoms with Gasteiger partial charge in [0.2, 0.25) is 0 Å². The molecule has 21 heavy (non-hydrogen) atoms. The van der Waals surface area contributed by atoms with Crippen LogP contribution in [0.5, 0.6) is 0 Å². The Morgan fingerprint density at radius 2 is 1.33 bits per heavy atom. The first kappa shape index (κ1) is 15.0. The predicted molar refractivity (Wildman–Crippen MR) is 93.5 cm³/mol.